The highest BCUT2D eigenvalue weighted by atomic mass is 35.5. The van der Waals surface area contributed by atoms with Crippen molar-refractivity contribution in [3.8, 4) is 11.1 Å². The number of halogens is 1. The monoisotopic (exact) mass is 427 g/mol. The highest BCUT2D eigenvalue weighted by molar-refractivity contribution is 7.89. The van der Waals surface area contributed by atoms with Crippen LogP contribution in [0.25, 0.3) is 23.3 Å². The lowest BCUT2D eigenvalue weighted by Gasteiger charge is -2.12. The van der Waals surface area contributed by atoms with E-state index in [0.29, 0.717) is 21.7 Å². The van der Waals surface area contributed by atoms with Crippen LogP contribution in [0.1, 0.15) is 21.5 Å². The van der Waals surface area contributed by atoms with E-state index in [0.717, 1.165) is 5.56 Å². The average molecular weight is 428 g/mol. The van der Waals surface area contributed by atoms with Crippen LogP contribution in [0.4, 0.5) is 5.69 Å². The van der Waals surface area contributed by atoms with Crippen LogP contribution in [-0.4, -0.2) is 14.3 Å². The van der Waals surface area contributed by atoms with Crippen LogP contribution in [0.3, 0.4) is 0 Å². The van der Waals surface area contributed by atoms with Gasteiger partial charge in [0.05, 0.1) is 16.1 Å². The topological polar surface area (TPSA) is 129 Å². The first-order valence-electron chi connectivity index (χ1n) is 8.45. The molecule has 0 aliphatic carbocycles. The summed E-state index contributed by atoms with van der Waals surface area (Å²) in [7, 11) is -3.81. The van der Waals surface area contributed by atoms with E-state index in [1.807, 2.05) is 18.2 Å². The summed E-state index contributed by atoms with van der Waals surface area (Å²) in [5.74, 6) is -0.664. The second-order valence-corrected chi connectivity index (χ2v) is 8.35. The molecule has 0 saturated carbocycles. The molecule has 3 rings (SSSR count). The van der Waals surface area contributed by atoms with Crippen LogP contribution in [0, 0.1) is 0 Å². The summed E-state index contributed by atoms with van der Waals surface area (Å²) in [5.41, 5.74) is 14.8. The Bertz CT molecular complexity index is 1220. The van der Waals surface area contributed by atoms with E-state index in [2.05, 4.69) is 0 Å². The summed E-state index contributed by atoms with van der Waals surface area (Å²) in [4.78, 5) is 11.8. The van der Waals surface area contributed by atoms with Crippen molar-refractivity contribution in [2.75, 3.05) is 5.73 Å². The van der Waals surface area contributed by atoms with Gasteiger partial charge in [-0.1, -0.05) is 48.0 Å². The summed E-state index contributed by atoms with van der Waals surface area (Å²) >= 11 is 6.00. The molecule has 1 amide bonds. The number of primary amides is 1. The van der Waals surface area contributed by atoms with E-state index >= 15 is 0 Å². The maximum absolute atomic E-state index is 11.9. The standard InChI is InChI=1S/C21H18ClN3O3S/c22-16-3-1-2-13(10-16)4-5-14-11-18(20(23)19(12-14)21(24)26)15-6-8-17(9-7-15)29(25,27)28/h1-12H,23H2,(H2,24,26)(H2,25,27,28)/b5-4+. The minimum Gasteiger partial charge on any atom is -0.398 e. The lowest BCUT2D eigenvalue weighted by Crippen LogP contribution is -2.14. The summed E-state index contributed by atoms with van der Waals surface area (Å²) < 4.78 is 22.9. The quantitative estimate of drug-likeness (QED) is 0.425. The highest BCUT2D eigenvalue weighted by Gasteiger charge is 2.14. The van der Waals surface area contributed by atoms with Crippen LogP contribution < -0.4 is 16.6 Å². The number of primary sulfonamides is 1. The van der Waals surface area contributed by atoms with Gasteiger partial charge < -0.3 is 11.5 Å². The van der Waals surface area contributed by atoms with Crippen LogP contribution in [0.5, 0.6) is 0 Å². The largest absolute Gasteiger partial charge is 0.398 e. The molecule has 0 bridgehead atoms. The molecule has 0 saturated heterocycles. The molecule has 3 aromatic carbocycles. The number of nitrogens with two attached hydrogens (primary N) is 3. The molecule has 6 nitrogen and oxygen atoms in total. The first-order chi connectivity index (χ1) is 13.6. The Hall–Kier alpha value is -3.13. The first-order valence-corrected chi connectivity index (χ1v) is 10.4. The molecule has 0 radical (unpaired) electrons. The molecular formula is C21H18ClN3O3S. The molecule has 6 N–H and O–H groups in total. The number of carbonyl (C=O) groups is 1. The summed E-state index contributed by atoms with van der Waals surface area (Å²) in [6.45, 7) is 0. The minimum atomic E-state index is -3.81. The molecule has 0 unspecified atom stereocenters. The van der Waals surface area contributed by atoms with E-state index in [4.69, 9.17) is 28.2 Å². The van der Waals surface area contributed by atoms with Crippen molar-refractivity contribution in [2.24, 2.45) is 10.9 Å². The van der Waals surface area contributed by atoms with E-state index < -0.39 is 15.9 Å². The second kappa shape index (κ2) is 8.08. The van der Waals surface area contributed by atoms with E-state index in [-0.39, 0.29) is 16.1 Å². The third kappa shape index (κ3) is 4.83. The maximum atomic E-state index is 11.9. The van der Waals surface area contributed by atoms with Crippen LogP contribution in [0.2, 0.25) is 5.02 Å². The third-order valence-electron chi connectivity index (χ3n) is 4.28. The molecule has 0 spiro atoms. The van der Waals surface area contributed by atoms with Gasteiger partial charge in [-0.05, 0) is 53.1 Å². The normalized spacial score (nSPS) is 11.7. The highest BCUT2D eigenvalue weighted by Crippen LogP contribution is 2.31. The molecular weight excluding hydrogens is 410 g/mol. The van der Waals surface area contributed by atoms with Crippen molar-refractivity contribution < 1.29 is 13.2 Å². The maximum Gasteiger partial charge on any atom is 0.250 e. The van der Waals surface area contributed by atoms with Gasteiger partial charge in [-0.25, -0.2) is 13.6 Å². The molecule has 8 heteroatoms. The molecule has 148 valence electrons. The average Bonchev–Trinajstić information content (AvgIpc) is 2.66. The lowest BCUT2D eigenvalue weighted by atomic mass is 9.96. The molecule has 3 aromatic rings. The van der Waals surface area contributed by atoms with E-state index in [1.54, 1.807) is 42.5 Å². The fraction of sp³-hybridized carbons (Fsp3) is 0. The van der Waals surface area contributed by atoms with Gasteiger partial charge in [0.2, 0.25) is 10.0 Å². The van der Waals surface area contributed by atoms with Gasteiger partial charge in [-0.15, -0.1) is 0 Å². The van der Waals surface area contributed by atoms with Crippen LogP contribution in [-0.2, 0) is 10.0 Å². The van der Waals surface area contributed by atoms with Crippen molar-refractivity contribution in [3.63, 3.8) is 0 Å². The third-order valence-corrected chi connectivity index (χ3v) is 5.44. The molecule has 0 aliphatic rings. The number of nitrogen functional groups attached to an aromatic ring is 1. The Morgan fingerprint density at radius 3 is 2.17 bits per heavy atom. The van der Waals surface area contributed by atoms with Crippen molar-refractivity contribution in [2.45, 2.75) is 4.90 Å². The van der Waals surface area contributed by atoms with Crippen molar-refractivity contribution >= 4 is 45.4 Å². The smallest absolute Gasteiger partial charge is 0.250 e. The molecule has 0 fully saturated rings. The zero-order valence-electron chi connectivity index (χ0n) is 15.2. The number of hydrogen-bond donors (Lipinski definition) is 3. The second-order valence-electron chi connectivity index (χ2n) is 6.35. The van der Waals surface area contributed by atoms with Gasteiger partial charge in [-0.2, -0.15) is 0 Å². The van der Waals surface area contributed by atoms with Crippen molar-refractivity contribution in [1.82, 2.24) is 0 Å². The fourth-order valence-electron chi connectivity index (χ4n) is 2.84. The predicted molar refractivity (Wildman–Crippen MR) is 117 cm³/mol. The van der Waals surface area contributed by atoms with Gasteiger partial charge in [0.15, 0.2) is 0 Å². The van der Waals surface area contributed by atoms with E-state index in [9.17, 15) is 13.2 Å². The van der Waals surface area contributed by atoms with Crippen molar-refractivity contribution in [1.29, 1.82) is 0 Å². The lowest BCUT2D eigenvalue weighted by molar-refractivity contribution is 0.100. The molecule has 0 aromatic heterocycles. The summed E-state index contributed by atoms with van der Waals surface area (Å²) in [6, 6.07) is 16.6. The Balaban J connectivity index is 2.08. The number of amides is 1. The SMILES string of the molecule is NC(=O)c1cc(/C=C/c2cccc(Cl)c2)cc(-c2ccc(S(N)(=O)=O)cc2)c1N. The van der Waals surface area contributed by atoms with Gasteiger partial charge in [-0.3, -0.25) is 4.79 Å². The number of benzene rings is 3. The first kappa shape index (κ1) is 20.6. The number of anilines is 1. The summed E-state index contributed by atoms with van der Waals surface area (Å²) in [5, 5.41) is 5.75. The zero-order valence-corrected chi connectivity index (χ0v) is 16.7. The molecule has 29 heavy (non-hydrogen) atoms. The Morgan fingerprint density at radius 2 is 1.59 bits per heavy atom. The van der Waals surface area contributed by atoms with Gasteiger partial charge in [0, 0.05) is 10.6 Å². The summed E-state index contributed by atoms with van der Waals surface area (Å²) in [6.07, 6.45) is 3.65. The number of hydrogen-bond acceptors (Lipinski definition) is 4. The molecule has 0 aliphatic heterocycles. The van der Waals surface area contributed by atoms with Gasteiger partial charge in [0.25, 0.3) is 5.91 Å². The van der Waals surface area contributed by atoms with Crippen LogP contribution in [0.15, 0.2) is 65.6 Å². The Labute approximate surface area is 173 Å². The Kier molecular flexibility index (Phi) is 5.74. The number of carbonyl (C=O) groups excluding carboxylic acids is 1. The van der Waals surface area contributed by atoms with Crippen molar-refractivity contribution in [3.05, 3.63) is 82.4 Å². The predicted octanol–water partition coefficient (Wildman–Crippen LogP) is 3.51. The minimum absolute atomic E-state index is 0.0213. The number of rotatable bonds is 5. The van der Waals surface area contributed by atoms with E-state index in [1.165, 1.54) is 12.1 Å². The molecule has 0 atom stereocenters. The molecule has 0 heterocycles. The number of sulfonamides is 1. The van der Waals surface area contributed by atoms with Gasteiger partial charge >= 0.3 is 0 Å². The van der Waals surface area contributed by atoms with Gasteiger partial charge in [0.1, 0.15) is 0 Å². The zero-order chi connectivity index (χ0) is 21.2. The fourth-order valence-corrected chi connectivity index (χ4v) is 3.56. The van der Waals surface area contributed by atoms with Crippen LogP contribution >= 0.6 is 11.6 Å². The Morgan fingerprint density at radius 1 is 0.931 bits per heavy atom.